The lowest BCUT2D eigenvalue weighted by Gasteiger charge is -2.27. The highest BCUT2D eigenvalue weighted by atomic mass is 16.5. The zero-order valence-corrected chi connectivity index (χ0v) is 14.3. The second-order valence-corrected chi connectivity index (χ2v) is 6.28. The first kappa shape index (κ1) is 15.9. The van der Waals surface area contributed by atoms with Gasteiger partial charge >= 0.3 is 0 Å². The van der Waals surface area contributed by atoms with Crippen molar-refractivity contribution in [3.05, 3.63) is 60.3 Å². The standard InChI is InChI=1S/C19H21N5O/c1-15-10-17(11-20-19(15)24-13-21-22-14-24)18-5-3-2-4-16(18)12-23-6-8-25-9-7-23/h2-5,10-11,13-14H,6-9,12H2,1H3. The van der Waals surface area contributed by atoms with Crippen molar-refractivity contribution in [3.8, 4) is 16.9 Å². The molecular formula is C19H21N5O. The van der Waals surface area contributed by atoms with Gasteiger partial charge in [0.05, 0.1) is 13.2 Å². The van der Waals surface area contributed by atoms with Gasteiger partial charge < -0.3 is 4.74 Å². The molecule has 3 aromatic rings. The van der Waals surface area contributed by atoms with Crippen LogP contribution in [0.15, 0.2) is 49.2 Å². The van der Waals surface area contributed by atoms with Crippen molar-refractivity contribution >= 4 is 0 Å². The topological polar surface area (TPSA) is 56.1 Å². The molecule has 128 valence electrons. The maximum atomic E-state index is 5.45. The van der Waals surface area contributed by atoms with E-state index in [1.165, 1.54) is 11.1 Å². The van der Waals surface area contributed by atoms with Gasteiger partial charge in [-0.1, -0.05) is 24.3 Å². The second kappa shape index (κ2) is 7.13. The summed E-state index contributed by atoms with van der Waals surface area (Å²) < 4.78 is 7.28. The van der Waals surface area contributed by atoms with Gasteiger partial charge in [-0.3, -0.25) is 9.47 Å². The van der Waals surface area contributed by atoms with Gasteiger partial charge in [-0.2, -0.15) is 0 Å². The number of hydrogen-bond acceptors (Lipinski definition) is 5. The van der Waals surface area contributed by atoms with Crippen LogP contribution in [0.2, 0.25) is 0 Å². The minimum Gasteiger partial charge on any atom is -0.379 e. The van der Waals surface area contributed by atoms with Crippen molar-refractivity contribution in [2.24, 2.45) is 0 Å². The number of aromatic nitrogens is 4. The van der Waals surface area contributed by atoms with Crippen LogP contribution in [0.25, 0.3) is 16.9 Å². The molecule has 1 saturated heterocycles. The molecular weight excluding hydrogens is 314 g/mol. The smallest absolute Gasteiger partial charge is 0.142 e. The molecule has 1 aromatic carbocycles. The Bertz CT molecular complexity index is 841. The third-order valence-corrected chi connectivity index (χ3v) is 4.54. The van der Waals surface area contributed by atoms with E-state index < -0.39 is 0 Å². The Balaban J connectivity index is 1.64. The molecule has 0 amide bonds. The van der Waals surface area contributed by atoms with Gasteiger partial charge in [-0.25, -0.2) is 4.98 Å². The lowest BCUT2D eigenvalue weighted by molar-refractivity contribution is 0.0342. The maximum absolute atomic E-state index is 5.45. The molecule has 25 heavy (non-hydrogen) atoms. The van der Waals surface area contributed by atoms with Gasteiger partial charge in [-0.15, -0.1) is 10.2 Å². The average molecular weight is 335 g/mol. The maximum Gasteiger partial charge on any atom is 0.142 e. The number of hydrogen-bond donors (Lipinski definition) is 0. The molecule has 6 nitrogen and oxygen atoms in total. The van der Waals surface area contributed by atoms with Crippen molar-refractivity contribution in [1.82, 2.24) is 24.6 Å². The summed E-state index contributed by atoms with van der Waals surface area (Å²) in [5.74, 6) is 0.861. The number of morpholine rings is 1. The Kier molecular flexibility index (Phi) is 4.54. The molecule has 2 aromatic heterocycles. The van der Waals surface area contributed by atoms with E-state index in [9.17, 15) is 0 Å². The molecule has 3 heterocycles. The van der Waals surface area contributed by atoms with Crippen LogP contribution in [0.1, 0.15) is 11.1 Å². The van der Waals surface area contributed by atoms with Crippen molar-refractivity contribution in [1.29, 1.82) is 0 Å². The van der Waals surface area contributed by atoms with Crippen LogP contribution in [0.5, 0.6) is 0 Å². The van der Waals surface area contributed by atoms with E-state index in [0.29, 0.717) is 0 Å². The van der Waals surface area contributed by atoms with Gasteiger partial charge in [0.1, 0.15) is 18.5 Å². The minimum absolute atomic E-state index is 0.816. The number of ether oxygens (including phenoxy) is 1. The summed E-state index contributed by atoms with van der Waals surface area (Å²) in [6, 6.07) is 10.7. The van der Waals surface area contributed by atoms with E-state index in [0.717, 1.165) is 49.8 Å². The highest BCUT2D eigenvalue weighted by molar-refractivity contribution is 5.68. The molecule has 0 unspecified atom stereocenters. The lowest BCUT2D eigenvalue weighted by Crippen LogP contribution is -2.35. The summed E-state index contributed by atoms with van der Waals surface area (Å²) in [5.41, 5.74) is 4.79. The summed E-state index contributed by atoms with van der Waals surface area (Å²) in [7, 11) is 0. The summed E-state index contributed by atoms with van der Waals surface area (Å²) in [6.07, 6.45) is 5.27. The van der Waals surface area contributed by atoms with E-state index in [-0.39, 0.29) is 0 Å². The molecule has 0 atom stereocenters. The Morgan fingerprint density at radius 2 is 1.84 bits per heavy atom. The fraction of sp³-hybridized carbons (Fsp3) is 0.316. The van der Waals surface area contributed by atoms with E-state index in [4.69, 9.17) is 4.74 Å². The van der Waals surface area contributed by atoms with Crippen LogP contribution in [-0.2, 0) is 11.3 Å². The summed E-state index contributed by atoms with van der Waals surface area (Å²) in [5, 5.41) is 7.71. The van der Waals surface area contributed by atoms with Gasteiger partial charge in [0.2, 0.25) is 0 Å². The molecule has 0 bridgehead atoms. The minimum atomic E-state index is 0.816. The van der Waals surface area contributed by atoms with Gasteiger partial charge in [0.25, 0.3) is 0 Å². The number of nitrogens with zero attached hydrogens (tertiary/aromatic N) is 5. The van der Waals surface area contributed by atoms with Crippen LogP contribution in [0.4, 0.5) is 0 Å². The van der Waals surface area contributed by atoms with Crippen molar-refractivity contribution in [2.75, 3.05) is 26.3 Å². The Labute approximate surface area is 147 Å². The predicted molar refractivity (Wildman–Crippen MR) is 95.4 cm³/mol. The monoisotopic (exact) mass is 335 g/mol. The van der Waals surface area contributed by atoms with E-state index in [1.54, 1.807) is 12.7 Å². The second-order valence-electron chi connectivity index (χ2n) is 6.28. The first-order valence-electron chi connectivity index (χ1n) is 8.51. The van der Waals surface area contributed by atoms with Crippen molar-refractivity contribution in [3.63, 3.8) is 0 Å². The SMILES string of the molecule is Cc1cc(-c2ccccc2CN2CCOCC2)cnc1-n1cnnc1. The molecule has 6 heteroatoms. The molecule has 0 aliphatic carbocycles. The number of aryl methyl sites for hydroxylation is 1. The van der Waals surface area contributed by atoms with Gasteiger partial charge in [0.15, 0.2) is 0 Å². The van der Waals surface area contributed by atoms with E-state index in [2.05, 4.69) is 57.3 Å². The van der Waals surface area contributed by atoms with Crippen LogP contribution >= 0.6 is 0 Å². The number of benzene rings is 1. The zero-order chi connectivity index (χ0) is 17.1. The summed E-state index contributed by atoms with van der Waals surface area (Å²) in [4.78, 5) is 7.07. The quantitative estimate of drug-likeness (QED) is 0.733. The van der Waals surface area contributed by atoms with Gasteiger partial charge in [-0.05, 0) is 29.7 Å². The molecule has 0 saturated carbocycles. The molecule has 1 aliphatic heterocycles. The number of pyridine rings is 1. The van der Waals surface area contributed by atoms with Crippen LogP contribution in [-0.4, -0.2) is 51.0 Å². The first-order valence-corrected chi connectivity index (χ1v) is 8.51. The van der Waals surface area contributed by atoms with Crippen molar-refractivity contribution in [2.45, 2.75) is 13.5 Å². The normalized spacial score (nSPS) is 15.4. The Hall–Kier alpha value is -2.57. The third kappa shape index (κ3) is 3.45. The largest absolute Gasteiger partial charge is 0.379 e. The van der Waals surface area contributed by atoms with E-state index >= 15 is 0 Å². The van der Waals surface area contributed by atoms with Gasteiger partial charge in [0, 0.05) is 31.4 Å². The average Bonchev–Trinajstić information content (AvgIpc) is 3.17. The lowest BCUT2D eigenvalue weighted by atomic mass is 9.99. The molecule has 0 spiro atoms. The zero-order valence-electron chi connectivity index (χ0n) is 14.3. The molecule has 0 N–H and O–H groups in total. The Morgan fingerprint density at radius 3 is 2.60 bits per heavy atom. The fourth-order valence-corrected chi connectivity index (χ4v) is 3.24. The van der Waals surface area contributed by atoms with Crippen LogP contribution in [0, 0.1) is 6.92 Å². The van der Waals surface area contributed by atoms with Crippen LogP contribution < -0.4 is 0 Å². The van der Waals surface area contributed by atoms with Crippen molar-refractivity contribution < 1.29 is 4.74 Å². The highest BCUT2D eigenvalue weighted by Gasteiger charge is 2.14. The van der Waals surface area contributed by atoms with E-state index in [1.807, 2.05) is 10.8 Å². The van der Waals surface area contributed by atoms with Crippen LogP contribution in [0.3, 0.4) is 0 Å². The first-order chi connectivity index (χ1) is 12.3. The number of rotatable bonds is 4. The fourth-order valence-electron chi connectivity index (χ4n) is 3.24. The summed E-state index contributed by atoms with van der Waals surface area (Å²) in [6.45, 7) is 6.60. The molecule has 1 fully saturated rings. The predicted octanol–water partition coefficient (Wildman–Crippen LogP) is 2.47. The third-order valence-electron chi connectivity index (χ3n) is 4.54. The molecule has 4 rings (SSSR count). The molecule has 1 aliphatic rings. The molecule has 0 radical (unpaired) electrons. The highest BCUT2D eigenvalue weighted by Crippen LogP contribution is 2.26. The Morgan fingerprint density at radius 1 is 1.08 bits per heavy atom. The summed E-state index contributed by atoms with van der Waals surface area (Å²) >= 11 is 0.